The molecule has 5 heteroatoms. The van der Waals surface area contributed by atoms with Crippen LogP contribution in [0.3, 0.4) is 0 Å². The van der Waals surface area contributed by atoms with Crippen LogP contribution in [0.2, 0.25) is 0 Å². The highest BCUT2D eigenvalue weighted by atomic mass is 16.5. The summed E-state index contributed by atoms with van der Waals surface area (Å²) in [6, 6.07) is 5.12. The molecule has 0 bridgehead atoms. The van der Waals surface area contributed by atoms with E-state index in [0.717, 1.165) is 31.7 Å². The molecule has 1 saturated heterocycles. The van der Waals surface area contributed by atoms with Gasteiger partial charge in [-0.1, -0.05) is 6.07 Å². The van der Waals surface area contributed by atoms with Crippen LogP contribution in [0.15, 0.2) is 24.4 Å². The molecule has 0 radical (unpaired) electrons. The molecule has 0 saturated carbocycles. The van der Waals surface area contributed by atoms with E-state index in [2.05, 4.69) is 4.98 Å². The molecule has 5 nitrogen and oxygen atoms in total. The van der Waals surface area contributed by atoms with Crippen molar-refractivity contribution in [2.45, 2.75) is 12.8 Å². The van der Waals surface area contributed by atoms with Gasteiger partial charge in [-0.15, -0.1) is 0 Å². The number of carbonyl (C=O) groups is 1. The number of carboxylic acid groups (broad SMARTS) is 1. The van der Waals surface area contributed by atoms with Crippen LogP contribution >= 0.6 is 0 Å². The first-order chi connectivity index (χ1) is 8.74. The highest BCUT2D eigenvalue weighted by Gasteiger charge is 2.18. The number of aromatic carboxylic acids is 1. The number of carboxylic acids is 1. The molecular weight excluding hydrogens is 232 g/mol. The molecule has 0 spiro atoms. The van der Waals surface area contributed by atoms with Gasteiger partial charge in [0.2, 0.25) is 0 Å². The minimum absolute atomic E-state index is 0.244. The quantitative estimate of drug-likeness (QED) is 0.893. The normalized spacial score (nSPS) is 19.4. The van der Waals surface area contributed by atoms with Crippen LogP contribution < -0.4 is 0 Å². The molecule has 0 amide bonds. The van der Waals surface area contributed by atoms with Gasteiger partial charge in [-0.25, -0.2) is 9.78 Å². The van der Waals surface area contributed by atoms with Crippen molar-refractivity contribution in [1.82, 2.24) is 9.38 Å². The molecule has 1 fully saturated rings. The Labute approximate surface area is 104 Å². The van der Waals surface area contributed by atoms with E-state index in [-0.39, 0.29) is 5.69 Å². The number of hydrogen-bond donors (Lipinski definition) is 1. The zero-order valence-electron chi connectivity index (χ0n) is 9.87. The Kier molecular flexibility index (Phi) is 2.76. The summed E-state index contributed by atoms with van der Waals surface area (Å²) in [5.41, 5.74) is 1.86. The molecule has 1 unspecified atom stereocenters. The monoisotopic (exact) mass is 246 g/mol. The molecule has 1 atom stereocenters. The first-order valence-corrected chi connectivity index (χ1v) is 6.02. The summed E-state index contributed by atoms with van der Waals surface area (Å²) < 4.78 is 6.97. The van der Waals surface area contributed by atoms with E-state index in [0.29, 0.717) is 11.6 Å². The molecule has 0 aliphatic carbocycles. The Hall–Kier alpha value is -1.88. The summed E-state index contributed by atoms with van der Waals surface area (Å²) in [6.45, 7) is 1.60. The fourth-order valence-corrected chi connectivity index (χ4v) is 2.37. The second-order valence-corrected chi connectivity index (χ2v) is 4.61. The zero-order valence-corrected chi connectivity index (χ0v) is 9.87. The predicted molar refractivity (Wildman–Crippen MR) is 64.8 cm³/mol. The topological polar surface area (TPSA) is 63.8 Å². The van der Waals surface area contributed by atoms with Crippen molar-refractivity contribution in [3.63, 3.8) is 0 Å². The van der Waals surface area contributed by atoms with Crippen molar-refractivity contribution < 1.29 is 14.6 Å². The Bertz CT molecular complexity index is 585. The summed E-state index contributed by atoms with van der Waals surface area (Å²) >= 11 is 0. The third-order valence-electron chi connectivity index (χ3n) is 3.28. The molecule has 0 aromatic carbocycles. The van der Waals surface area contributed by atoms with Gasteiger partial charge in [-0.3, -0.25) is 4.40 Å². The average molecular weight is 246 g/mol. The molecule has 18 heavy (non-hydrogen) atoms. The standard InChI is InChI=1S/C13H14N2O3/c16-13(17)11-2-1-3-12-14-10(7-15(11)12)6-9-4-5-18-8-9/h1-3,7,9H,4-6,8H2,(H,16,17). The maximum atomic E-state index is 11.1. The molecule has 94 valence electrons. The van der Waals surface area contributed by atoms with Crippen molar-refractivity contribution in [3.05, 3.63) is 35.8 Å². The van der Waals surface area contributed by atoms with Gasteiger partial charge in [0.05, 0.1) is 5.69 Å². The highest BCUT2D eigenvalue weighted by Crippen LogP contribution is 2.18. The van der Waals surface area contributed by atoms with Crippen molar-refractivity contribution in [2.24, 2.45) is 5.92 Å². The number of hydrogen-bond acceptors (Lipinski definition) is 3. The van der Waals surface area contributed by atoms with Gasteiger partial charge in [0.15, 0.2) is 0 Å². The van der Waals surface area contributed by atoms with Crippen LogP contribution in [0.25, 0.3) is 5.65 Å². The number of imidazole rings is 1. The van der Waals surface area contributed by atoms with Crippen LogP contribution in [-0.4, -0.2) is 33.7 Å². The molecule has 1 aliphatic heterocycles. The maximum absolute atomic E-state index is 11.1. The number of aromatic nitrogens is 2. The van der Waals surface area contributed by atoms with Crippen LogP contribution in [0, 0.1) is 5.92 Å². The fraction of sp³-hybridized carbons (Fsp3) is 0.385. The van der Waals surface area contributed by atoms with Gasteiger partial charge in [0, 0.05) is 19.4 Å². The van der Waals surface area contributed by atoms with Crippen LogP contribution in [0.1, 0.15) is 22.6 Å². The molecule has 2 aromatic rings. The summed E-state index contributed by atoms with van der Waals surface area (Å²) in [5, 5.41) is 9.11. The van der Waals surface area contributed by atoms with Crippen LogP contribution in [0.5, 0.6) is 0 Å². The largest absolute Gasteiger partial charge is 0.477 e. The van der Waals surface area contributed by atoms with E-state index >= 15 is 0 Å². The van der Waals surface area contributed by atoms with Crippen molar-refractivity contribution >= 4 is 11.6 Å². The molecular formula is C13H14N2O3. The number of nitrogens with zero attached hydrogens (tertiary/aromatic N) is 2. The average Bonchev–Trinajstić information content (AvgIpc) is 2.96. The smallest absolute Gasteiger partial charge is 0.352 e. The second-order valence-electron chi connectivity index (χ2n) is 4.61. The first-order valence-electron chi connectivity index (χ1n) is 6.02. The van der Waals surface area contributed by atoms with Gasteiger partial charge in [-0.05, 0) is 30.9 Å². The maximum Gasteiger partial charge on any atom is 0.352 e. The summed E-state index contributed by atoms with van der Waals surface area (Å²) in [4.78, 5) is 15.6. The van der Waals surface area contributed by atoms with Gasteiger partial charge in [-0.2, -0.15) is 0 Å². The Morgan fingerprint density at radius 2 is 2.44 bits per heavy atom. The third kappa shape index (κ3) is 1.97. The lowest BCUT2D eigenvalue weighted by atomic mass is 10.0. The minimum Gasteiger partial charge on any atom is -0.477 e. The lowest BCUT2D eigenvalue weighted by molar-refractivity contribution is 0.0689. The Balaban J connectivity index is 1.94. The van der Waals surface area contributed by atoms with Gasteiger partial charge < -0.3 is 9.84 Å². The van der Waals surface area contributed by atoms with E-state index in [1.54, 1.807) is 16.5 Å². The number of rotatable bonds is 3. The van der Waals surface area contributed by atoms with Gasteiger partial charge in [0.25, 0.3) is 0 Å². The lowest BCUT2D eigenvalue weighted by Gasteiger charge is -2.02. The Morgan fingerprint density at radius 1 is 1.56 bits per heavy atom. The summed E-state index contributed by atoms with van der Waals surface area (Å²) in [7, 11) is 0. The molecule has 2 aromatic heterocycles. The van der Waals surface area contributed by atoms with Crippen molar-refractivity contribution in [1.29, 1.82) is 0 Å². The first kappa shape index (κ1) is 11.2. The lowest BCUT2D eigenvalue weighted by Crippen LogP contribution is -2.04. The van der Waals surface area contributed by atoms with Gasteiger partial charge in [0.1, 0.15) is 11.3 Å². The van der Waals surface area contributed by atoms with Gasteiger partial charge >= 0.3 is 5.97 Å². The molecule has 1 N–H and O–H groups in total. The summed E-state index contributed by atoms with van der Waals surface area (Å²) in [6.07, 6.45) is 3.72. The summed E-state index contributed by atoms with van der Waals surface area (Å²) in [5.74, 6) is -0.433. The zero-order chi connectivity index (χ0) is 12.5. The van der Waals surface area contributed by atoms with E-state index in [9.17, 15) is 4.79 Å². The number of pyridine rings is 1. The SMILES string of the molecule is O=C(O)c1cccc2nc(CC3CCOC3)cn12. The number of fused-ring (bicyclic) bond motifs is 1. The number of ether oxygens (including phenoxy) is 1. The Morgan fingerprint density at radius 3 is 3.17 bits per heavy atom. The second kappa shape index (κ2) is 4.42. The van der Waals surface area contributed by atoms with E-state index in [1.165, 1.54) is 0 Å². The van der Waals surface area contributed by atoms with Crippen LogP contribution in [-0.2, 0) is 11.2 Å². The van der Waals surface area contributed by atoms with E-state index < -0.39 is 5.97 Å². The predicted octanol–water partition coefficient (Wildman–Crippen LogP) is 1.61. The van der Waals surface area contributed by atoms with E-state index in [4.69, 9.17) is 9.84 Å². The minimum atomic E-state index is -0.936. The highest BCUT2D eigenvalue weighted by molar-refractivity contribution is 5.86. The van der Waals surface area contributed by atoms with Crippen molar-refractivity contribution in [2.75, 3.05) is 13.2 Å². The molecule has 3 rings (SSSR count). The molecule has 3 heterocycles. The molecule has 1 aliphatic rings. The third-order valence-corrected chi connectivity index (χ3v) is 3.28. The van der Waals surface area contributed by atoms with E-state index in [1.807, 2.05) is 12.3 Å². The van der Waals surface area contributed by atoms with Crippen LogP contribution in [0.4, 0.5) is 0 Å². The fourth-order valence-electron chi connectivity index (χ4n) is 2.37. The van der Waals surface area contributed by atoms with Crippen molar-refractivity contribution in [3.8, 4) is 0 Å².